The van der Waals surface area contributed by atoms with Gasteiger partial charge in [0.1, 0.15) is 12.4 Å². The average molecular weight is 609 g/mol. The number of hydrogen-bond acceptors (Lipinski definition) is 6. The maximum atomic E-state index is 10.8. The normalized spacial score (nSPS) is 10.9. The van der Waals surface area contributed by atoms with E-state index in [0.29, 0.717) is 0 Å². The van der Waals surface area contributed by atoms with E-state index in [0.717, 1.165) is 24.9 Å². The van der Waals surface area contributed by atoms with Crippen LogP contribution in [0.5, 0.6) is 5.75 Å². The summed E-state index contributed by atoms with van der Waals surface area (Å²) in [6.07, 6.45) is 30.5. The van der Waals surface area contributed by atoms with Crippen LogP contribution < -0.4 is 4.74 Å². The summed E-state index contributed by atoms with van der Waals surface area (Å²) in [4.78, 5) is 10.8. The molecule has 1 rings (SSSR count). The number of ether oxygens (including phenoxy) is 1. The zero-order valence-corrected chi connectivity index (χ0v) is 28.7. The molecule has 0 bridgehead atoms. The Kier molecular flexibility index (Phi) is 31.8. The van der Waals surface area contributed by atoms with Gasteiger partial charge in [0, 0.05) is 10.4 Å². The number of aryl methyl sites for hydroxylation is 2. The Hall–Kier alpha value is -0.180. The Bertz CT molecular complexity index is 793. The number of carbonyl (C=O) groups excluding carboxylic acids is 1. The molecule has 40 heavy (non-hydrogen) atoms. The summed E-state index contributed by atoms with van der Waals surface area (Å²) in [6.45, 7) is 4.72. The first-order valence-corrected chi connectivity index (χ1v) is 17.0. The molecule has 1 aromatic rings. The quantitative estimate of drug-likeness (QED) is 0.0362. The largest absolute Gasteiger partial charge is 2.00 e. The number of hydrogen-bond donors (Lipinski definition) is 0. The fourth-order valence-corrected chi connectivity index (χ4v) is 4.87. The molecule has 0 radical (unpaired) electrons. The number of carbonyl (C=O) groups is 1. The van der Waals surface area contributed by atoms with Gasteiger partial charge in [-0.2, -0.15) is 0 Å². The van der Waals surface area contributed by atoms with Crippen molar-refractivity contribution >= 4 is 54.4 Å². The van der Waals surface area contributed by atoms with Crippen molar-refractivity contribution in [2.75, 3.05) is 6.61 Å². The second-order valence-corrected chi connectivity index (χ2v) is 11.5. The predicted octanol–water partition coefficient (Wildman–Crippen LogP) is 8.47. The molecule has 0 aliphatic carbocycles. The number of aldehydes is 1. The molecule has 0 aliphatic heterocycles. The van der Waals surface area contributed by atoms with Crippen molar-refractivity contribution in [3.8, 4) is 5.75 Å². The Morgan fingerprint density at radius 2 is 1.02 bits per heavy atom. The minimum atomic E-state index is -5.17. The van der Waals surface area contributed by atoms with Crippen molar-refractivity contribution in [2.24, 2.45) is 0 Å². The van der Waals surface area contributed by atoms with E-state index in [9.17, 15) is 4.79 Å². The van der Waals surface area contributed by atoms with Gasteiger partial charge in [0.2, 0.25) is 0 Å². The van der Waals surface area contributed by atoms with Crippen molar-refractivity contribution in [1.29, 1.82) is 0 Å². The van der Waals surface area contributed by atoms with Gasteiger partial charge >= 0.3 is 37.7 Å². The van der Waals surface area contributed by atoms with Crippen LogP contribution in [0, 0.1) is 0 Å². The van der Waals surface area contributed by atoms with E-state index in [4.69, 9.17) is 22.3 Å². The molecule has 8 heteroatoms. The average Bonchev–Trinajstić information content (AvgIpc) is 2.89. The second-order valence-electron chi connectivity index (χ2n) is 10.7. The van der Waals surface area contributed by atoms with Gasteiger partial charge in [0.25, 0.3) is 0 Å². The van der Waals surface area contributed by atoms with E-state index in [1.807, 2.05) is 0 Å². The Morgan fingerprint density at radius 1 is 0.650 bits per heavy atom. The minimum Gasteiger partial charge on any atom is -0.759 e. The molecule has 0 spiro atoms. The van der Waals surface area contributed by atoms with E-state index in [2.05, 4.69) is 32.0 Å². The van der Waals surface area contributed by atoms with Gasteiger partial charge in [-0.15, -0.1) is 0 Å². The summed E-state index contributed by atoms with van der Waals surface area (Å²) in [6, 6.07) is 6.65. The summed E-state index contributed by atoms with van der Waals surface area (Å²) in [7, 11) is -5.17. The monoisotopic (exact) mass is 608 g/mol. The summed E-state index contributed by atoms with van der Waals surface area (Å²) in [5.41, 5.74) is 2.73. The minimum absolute atomic E-state index is 0. The van der Waals surface area contributed by atoms with E-state index in [1.54, 1.807) is 0 Å². The van der Waals surface area contributed by atoms with Crippen LogP contribution in [0.15, 0.2) is 18.2 Å². The SMILES string of the molecule is CCCCCCCCCCCCc1ccc(OCC=O)c(CCCCCCCCCCCC)c1.O=S(=O)([O-])[O-].[Ca+2]. The summed E-state index contributed by atoms with van der Waals surface area (Å²) in [5, 5.41) is 0. The molecular formula is C32H56CaO6S. The Balaban J connectivity index is 0. The fraction of sp³-hybridized carbons (Fsp3) is 0.781. The van der Waals surface area contributed by atoms with Gasteiger partial charge < -0.3 is 13.8 Å². The van der Waals surface area contributed by atoms with Crippen molar-refractivity contribution in [1.82, 2.24) is 0 Å². The molecule has 0 fully saturated rings. The van der Waals surface area contributed by atoms with Gasteiger partial charge in [0.15, 0.2) is 6.29 Å². The third-order valence-electron chi connectivity index (χ3n) is 7.05. The maximum absolute atomic E-state index is 10.8. The van der Waals surface area contributed by atoms with Crippen molar-refractivity contribution in [2.45, 2.75) is 155 Å². The first-order chi connectivity index (χ1) is 18.8. The van der Waals surface area contributed by atoms with E-state index < -0.39 is 10.4 Å². The molecule has 6 nitrogen and oxygen atoms in total. The molecule has 0 saturated carbocycles. The molecular weight excluding hydrogens is 552 g/mol. The van der Waals surface area contributed by atoms with Crippen LogP contribution in [-0.4, -0.2) is 68.2 Å². The van der Waals surface area contributed by atoms with Gasteiger partial charge in [-0.05, 0) is 42.9 Å². The predicted molar refractivity (Wildman–Crippen MR) is 165 cm³/mol. The van der Waals surface area contributed by atoms with E-state index in [-0.39, 0.29) is 44.3 Å². The van der Waals surface area contributed by atoms with Gasteiger partial charge in [-0.3, -0.25) is 13.2 Å². The molecule has 0 saturated heterocycles. The van der Waals surface area contributed by atoms with Crippen LogP contribution in [0.25, 0.3) is 0 Å². The van der Waals surface area contributed by atoms with Crippen LogP contribution >= 0.6 is 0 Å². The van der Waals surface area contributed by atoms with Crippen LogP contribution in [0.3, 0.4) is 0 Å². The fourth-order valence-electron chi connectivity index (χ4n) is 4.87. The first-order valence-electron chi connectivity index (χ1n) is 15.7. The van der Waals surface area contributed by atoms with Gasteiger partial charge in [-0.1, -0.05) is 142 Å². The standard InChI is InChI=1S/C32H56O2.Ca.H2O4S/c1-3-5-7-9-11-13-15-17-19-21-23-30-25-26-32(34-28-27-33)31(29-30)24-22-20-18-16-14-12-10-8-6-4-2;;1-5(2,3)4/h25-27,29H,3-24,28H2,1-2H3;;(H2,1,2,3,4)/q;+2;/p-2. The van der Waals surface area contributed by atoms with E-state index in [1.165, 1.54) is 140 Å². The maximum Gasteiger partial charge on any atom is 2.00 e. The number of unbranched alkanes of at least 4 members (excludes halogenated alkanes) is 18. The molecule has 0 N–H and O–H groups in total. The first kappa shape index (κ1) is 42.0. The zero-order valence-electron chi connectivity index (χ0n) is 25.6. The van der Waals surface area contributed by atoms with Crippen molar-refractivity contribution in [3.05, 3.63) is 29.3 Å². The molecule has 0 unspecified atom stereocenters. The Labute approximate surface area is 276 Å². The third-order valence-corrected chi connectivity index (χ3v) is 7.05. The van der Waals surface area contributed by atoms with Crippen LogP contribution in [0.2, 0.25) is 0 Å². The molecule has 0 aliphatic rings. The van der Waals surface area contributed by atoms with E-state index >= 15 is 0 Å². The molecule has 0 aromatic heterocycles. The molecule has 0 heterocycles. The van der Waals surface area contributed by atoms with Gasteiger partial charge in [0.05, 0.1) is 0 Å². The topological polar surface area (TPSA) is 107 Å². The van der Waals surface area contributed by atoms with Crippen molar-refractivity contribution < 1.29 is 27.1 Å². The number of benzene rings is 1. The molecule has 0 amide bonds. The summed E-state index contributed by atoms with van der Waals surface area (Å²) < 4.78 is 39.8. The second kappa shape index (κ2) is 30.3. The summed E-state index contributed by atoms with van der Waals surface area (Å²) in [5.74, 6) is 0.912. The molecule has 228 valence electrons. The number of rotatable bonds is 25. The third kappa shape index (κ3) is 30.8. The van der Waals surface area contributed by atoms with Gasteiger partial charge in [-0.25, -0.2) is 0 Å². The zero-order chi connectivity index (χ0) is 29.0. The summed E-state index contributed by atoms with van der Waals surface area (Å²) >= 11 is 0. The smallest absolute Gasteiger partial charge is 0.759 e. The van der Waals surface area contributed by atoms with Crippen LogP contribution in [0.1, 0.15) is 153 Å². The molecule has 0 atom stereocenters. The van der Waals surface area contributed by atoms with Crippen LogP contribution in [-0.2, 0) is 28.0 Å². The van der Waals surface area contributed by atoms with Crippen LogP contribution in [0.4, 0.5) is 0 Å². The molecule has 1 aromatic carbocycles. The van der Waals surface area contributed by atoms with Crippen molar-refractivity contribution in [3.63, 3.8) is 0 Å². The Morgan fingerprint density at radius 3 is 1.43 bits per heavy atom.